The average molecular weight is 390 g/mol. The second kappa shape index (κ2) is 8.51. The molecular formula is C22H26N6O. The van der Waals surface area contributed by atoms with Crippen LogP contribution >= 0.6 is 0 Å². The molecule has 1 aliphatic rings. The van der Waals surface area contributed by atoms with Gasteiger partial charge in [-0.1, -0.05) is 13.8 Å². The van der Waals surface area contributed by atoms with Crippen LogP contribution in [0.25, 0.3) is 5.82 Å². The molecule has 3 aromatic rings. The Morgan fingerprint density at radius 1 is 1.10 bits per heavy atom. The summed E-state index contributed by atoms with van der Waals surface area (Å²) in [5.41, 5.74) is 1.93. The van der Waals surface area contributed by atoms with Gasteiger partial charge in [-0.05, 0) is 30.5 Å². The van der Waals surface area contributed by atoms with Crippen molar-refractivity contribution in [3.8, 4) is 5.82 Å². The summed E-state index contributed by atoms with van der Waals surface area (Å²) >= 11 is 0. The molecule has 0 radical (unpaired) electrons. The minimum absolute atomic E-state index is 0.150. The van der Waals surface area contributed by atoms with Crippen molar-refractivity contribution >= 4 is 5.91 Å². The lowest BCUT2D eigenvalue weighted by Gasteiger charge is -2.33. The largest absolute Gasteiger partial charge is 0.342 e. The Balaban J connectivity index is 1.56. The van der Waals surface area contributed by atoms with Gasteiger partial charge in [0.05, 0.1) is 12.1 Å². The molecule has 0 saturated carbocycles. The summed E-state index contributed by atoms with van der Waals surface area (Å²) < 4.78 is 2.03. The second-order valence-corrected chi connectivity index (χ2v) is 7.79. The van der Waals surface area contributed by atoms with Gasteiger partial charge in [-0.15, -0.1) is 0 Å². The highest BCUT2D eigenvalue weighted by molar-refractivity contribution is 5.79. The van der Waals surface area contributed by atoms with Crippen molar-refractivity contribution < 1.29 is 4.79 Å². The second-order valence-electron chi connectivity index (χ2n) is 7.79. The number of amides is 1. The summed E-state index contributed by atoms with van der Waals surface area (Å²) in [6.45, 7) is 5.70. The van der Waals surface area contributed by atoms with Crippen molar-refractivity contribution in [2.75, 3.05) is 13.1 Å². The van der Waals surface area contributed by atoms with E-state index in [4.69, 9.17) is 0 Å². The lowest BCUT2D eigenvalue weighted by molar-refractivity contribution is -0.131. The first-order valence-electron chi connectivity index (χ1n) is 10.1. The maximum absolute atomic E-state index is 12.9. The number of likely N-dealkylation sites (tertiary alicyclic amines) is 1. The zero-order valence-electron chi connectivity index (χ0n) is 16.9. The number of hydrogen-bond donors (Lipinski definition) is 0. The lowest BCUT2D eigenvalue weighted by atomic mass is 9.93. The summed E-state index contributed by atoms with van der Waals surface area (Å²) in [5, 5.41) is 0. The minimum Gasteiger partial charge on any atom is -0.342 e. The van der Waals surface area contributed by atoms with Gasteiger partial charge < -0.3 is 4.90 Å². The van der Waals surface area contributed by atoms with E-state index in [0.717, 1.165) is 42.3 Å². The monoisotopic (exact) mass is 390 g/mol. The van der Waals surface area contributed by atoms with Gasteiger partial charge in [0.15, 0.2) is 5.82 Å². The molecule has 0 aromatic carbocycles. The zero-order chi connectivity index (χ0) is 20.2. The smallest absolute Gasteiger partial charge is 0.227 e. The standard InChI is InChI=1S/C22H26N6O/c1-16(2)21-26-11-13-28(21)22-20(24-9-10-25-22)18-4-3-12-27(15-18)19(29)14-17-5-7-23-8-6-17/h5-11,13,16,18H,3-4,12,14-15H2,1-2H3/t18-/m0/s1. The van der Waals surface area contributed by atoms with Crippen molar-refractivity contribution in [1.82, 2.24) is 29.4 Å². The normalized spacial score (nSPS) is 16.9. The van der Waals surface area contributed by atoms with E-state index in [1.807, 2.05) is 27.8 Å². The van der Waals surface area contributed by atoms with Gasteiger partial charge in [0.2, 0.25) is 5.91 Å². The minimum atomic E-state index is 0.150. The molecule has 0 unspecified atom stereocenters. The van der Waals surface area contributed by atoms with E-state index >= 15 is 0 Å². The van der Waals surface area contributed by atoms with Gasteiger partial charge in [0.25, 0.3) is 0 Å². The Morgan fingerprint density at radius 2 is 1.90 bits per heavy atom. The number of imidazole rings is 1. The predicted octanol–water partition coefficient (Wildman–Crippen LogP) is 3.13. The van der Waals surface area contributed by atoms with Gasteiger partial charge in [0.1, 0.15) is 5.82 Å². The first-order valence-corrected chi connectivity index (χ1v) is 10.1. The summed E-state index contributed by atoms with van der Waals surface area (Å²) in [6.07, 6.45) is 13.0. The molecule has 0 N–H and O–H groups in total. The molecule has 0 spiro atoms. The molecule has 4 rings (SSSR count). The molecule has 1 saturated heterocycles. The van der Waals surface area contributed by atoms with Crippen LogP contribution in [0, 0.1) is 0 Å². The van der Waals surface area contributed by atoms with Crippen LogP contribution < -0.4 is 0 Å². The number of carbonyl (C=O) groups excluding carboxylic acids is 1. The number of nitrogens with zero attached hydrogens (tertiary/aromatic N) is 6. The SMILES string of the molecule is CC(C)c1nccn1-c1nccnc1[C@H]1CCCN(C(=O)Cc2ccncc2)C1. The van der Waals surface area contributed by atoms with Crippen LogP contribution in [0.15, 0.2) is 49.3 Å². The van der Waals surface area contributed by atoms with Crippen molar-refractivity contribution in [3.05, 3.63) is 66.4 Å². The number of rotatable bonds is 5. The molecule has 3 aromatic heterocycles. The summed E-state index contributed by atoms with van der Waals surface area (Å²) in [7, 11) is 0. The average Bonchev–Trinajstić information content (AvgIpc) is 3.25. The van der Waals surface area contributed by atoms with E-state index in [2.05, 4.69) is 33.8 Å². The van der Waals surface area contributed by atoms with E-state index < -0.39 is 0 Å². The van der Waals surface area contributed by atoms with E-state index in [1.54, 1.807) is 31.0 Å². The van der Waals surface area contributed by atoms with Gasteiger partial charge in [-0.2, -0.15) is 0 Å². The fourth-order valence-electron chi connectivity index (χ4n) is 3.95. The number of aromatic nitrogens is 5. The first-order chi connectivity index (χ1) is 14.1. The van der Waals surface area contributed by atoms with Crippen LogP contribution in [-0.4, -0.2) is 48.4 Å². The lowest BCUT2D eigenvalue weighted by Crippen LogP contribution is -2.40. The van der Waals surface area contributed by atoms with Crippen LogP contribution in [-0.2, 0) is 11.2 Å². The van der Waals surface area contributed by atoms with E-state index in [0.29, 0.717) is 13.0 Å². The van der Waals surface area contributed by atoms with Gasteiger partial charge in [0, 0.05) is 62.1 Å². The Morgan fingerprint density at radius 3 is 2.69 bits per heavy atom. The molecule has 7 nitrogen and oxygen atoms in total. The molecule has 4 heterocycles. The Bertz CT molecular complexity index is 968. The Labute approximate surface area is 170 Å². The molecule has 1 atom stereocenters. The Kier molecular flexibility index (Phi) is 5.64. The summed E-state index contributed by atoms with van der Waals surface area (Å²) in [4.78, 5) is 32.6. The fraction of sp³-hybridized carbons (Fsp3) is 0.409. The highest BCUT2D eigenvalue weighted by Crippen LogP contribution is 2.30. The van der Waals surface area contributed by atoms with E-state index in [-0.39, 0.29) is 17.7 Å². The van der Waals surface area contributed by atoms with E-state index in [9.17, 15) is 4.79 Å². The summed E-state index contributed by atoms with van der Waals surface area (Å²) in [5.74, 6) is 2.38. The maximum atomic E-state index is 12.9. The highest BCUT2D eigenvalue weighted by Gasteiger charge is 2.28. The topological polar surface area (TPSA) is 76.8 Å². The van der Waals surface area contributed by atoms with E-state index in [1.165, 1.54) is 0 Å². The molecule has 1 aliphatic heterocycles. The van der Waals surface area contributed by atoms with Crippen molar-refractivity contribution in [1.29, 1.82) is 0 Å². The van der Waals surface area contributed by atoms with Crippen LogP contribution in [0.3, 0.4) is 0 Å². The maximum Gasteiger partial charge on any atom is 0.227 e. The van der Waals surface area contributed by atoms with Gasteiger partial charge >= 0.3 is 0 Å². The molecule has 0 aliphatic carbocycles. The zero-order valence-corrected chi connectivity index (χ0v) is 16.9. The van der Waals surface area contributed by atoms with Crippen molar-refractivity contribution in [2.45, 2.75) is 44.9 Å². The molecule has 7 heteroatoms. The van der Waals surface area contributed by atoms with Crippen LogP contribution in [0.4, 0.5) is 0 Å². The van der Waals surface area contributed by atoms with Gasteiger partial charge in [-0.25, -0.2) is 9.97 Å². The quantitative estimate of drug-likeness (QED) is 0.669. The molecule has 1 fully saturated rings. The summed E-state index contributed by atoms with van der Waals surface area (Å²) in [6, 6.07) is 3.79. The third kappa shape index (κ3) is 4.18. The number of piperidine rings is 1. The van der Waals surface area contributed by atoms with Crippen LogP contribution in [0.2, 0.25) is 0 Å². The van der Waals surface area contributed by atoms with Crippen LogP contribution in [0.1, 0.15) is 55.6 Å². The molecule has 150 valence electrons. The van der Waals surface area contributed by atoms with Crippen molar-refractivity contribution in [2.24, 2.45) is 0 Å². The third-order valence-electron chi connectivity index (χ3n) is 5.39. The Hall–Kier alpha value is -3.09. The highest BCUT2D eigenvalue weighted by atomic mass is 16.2. The molecular weight excluding hydrogens is 364 g/mol. The number of carbonyl (C=O) groups is 1. The number of hydrogen-bond acceptors (Lipinski definition) is 5. The number of pyridine rings is 1. The molecule has 1 amide bonds. The fourth-order valence-corrected chi connectivity index (χ4v) is 3.95. The van der Waals surface area contributed by atoms with Crippen LogP contribution in [0.5, 0.6) is 0 Å². The van der Waals surface area contributed by atoms with Crippen molar-refractivity contribution in [3.63, 3.8) is 0 Å². The predicted molar refractivity (Wildman–Crippen MR) is 110 cm³/mol. The first kappa shape index (κ1) is 19.2. The van der Waals surface area contributed by atoms with Gasteiger partial charge in [-0.3, -0.25) is 19.3 Å². The molecule has 0 bridgehead atoms. The third-order valence-corrected chi connectivity index (χ3v) is 5.39. The molecule has 29 heavy (non-hydrogen) atoms.